The summed E-state index contributed by atoms with van der Waals surface area (Å²) in [5.74, 6) is -0.362. The number of esters is 1. The van der Waals surface area contributed by atoms with Crippen LogP contribution in [0.2, 0.25) is 5.02 Å². The summed E-state index contributed by atoms with van der Waals surface area (Å²) in [5, 5.41) is 0.549. The molecule has 1 amide bonds. The number of carbonyl (C=O) groups excluding carboxylic acids is 2. The molecule has 0 radical (unpaired) electrons. The van der Waals surface area contributed by atoms with Crippen molar-refractivity contribution in [3.63, 3.8) is 0 Å². The van der Waals surface area contributed by atoms with Gasteiger partial charge in [-0.1, -0.05) is 11.6 Å². The maximum absolute atomic E-state index is 12.2. The second kappa shape index (κ2) is 7.19. The summed E-state index contributed by atoms with van der Waals surface area (Å²) in [5.41, 5.74) is 0.563. The third-order valence-electron chi connectivity index (χ3n) is 2.87. The van der Waals surface area contributed by atoms with E-state index in [9.17, 15) is 9.59 Å². The lowest BCUT2D eigenvalue weighted by Crippen LogP contribution is -2.29. The van der Waals surface area contributed by atoms with E-state index in [0.717, 1.165) is 0 Å². The summed E-state index contributed by atoms with van der Waals surface area (Å²) in [6.45, 7) is 3.13. The van der Waals surface area contributed by atoms with Gasteiger partial charge in [0.2, 0.25) is 0 Å². The molecule has 0 aliphatic rings. The first kappa shape index (κ1) is 15.6. The van der Waals surface area contributed by atoms with Crippen LogP contribution in [0.5, 0.6) is 0 Å². The molecule has 6 heteroatoms. The third-order valence-corrected chi connectivity index (χ3v) is 3.08. The molecule has 0 fully saturated rings. The minimum Gasteiger partial charge on any atom is -0.469 e. The molecular formula is C13H19ClN2O3. The highest BCUT2D eigenvalue weighted by Crippen LogP contribution is 2.15. The first-order chi connectivity index (χ1) is 8.99. The second-order valence-electron chi connectivity index (χ2n) is 4.24. The van der Waals surface area contributed by atoms with Gasteiger partial charge >= 0.3 is 5.97 Å². The molecule has 1 heterocycles. The van der Waals surface area contributed by atoms with Crippen LogP contribution in [0, 0.1) is 0 Å². The minimum atomic E-state index is -0.263. The van der Waals surface area contributed by atoms with E-state index in [-0.39, 0.29) is 11.9 Å². The molecule has 5 nitrogen and oxygen atoms in total. The van der Waals surface area contributed by atoms with Gasteiger partial charge in [-0.25, -0.2) is 0 Å². The van der Waals surface area contributed by atoms with E-state index in [0.29, 0.717) is 36.6 Å². The lowest BCUT2D eigenvalue weighted by Gasteiger charge is -2.17. The van der Waals surface area contributed by atoms with Crippen molar-refractivity contribution in [2.75, 3.05) is 20.7 Å². The van der Waals surface area contributed by atoms with Gasteiger partial charge in [-0.15, -0.1) is 0 Å². The summed E-state index contributed by atoms with van der Waals surface area (Å²) >= 11 is 5.91. The Morgan fingerprint density at radius 3 is 2.74 bits per heavy atom. The number of rotatable bonds is 6. The Balaban J connectivity index is 2.58. The van der Waals surface area contributed by atoms with Gasteiger partial charge in [0.05, 0.1) is 12.1 Å². The van der Waals surface area contributed by atoms with Crippen LogP contribution in [0.15, 0.2) is 12.3 Å². The smallest absolute Gasteiger partial charge is 0.305 e. The standard InChI is InChI=1S/C13H19ClN2O3/c1-4-16-9-10(14)8-11(16)13(18)15(2)7-5-6-12(17)19-3/h8-9H,4-7H2,1-3H3. The number of aryl methyl sites for hydroxylation is 1. The molecule has 0 unspecified atom stereocenters. The molecule has 0 bridgehead atoms. The van der Waals surface area contributed by atoms with Crippen molar-refractivity contribution in [3.05, 3.63) is 23.0 Å². The Kier molecular flexibility index (Phi) is 5.89. The molecule has 106 valence electrons. The normalized spacial score (nSPS) is 10.3. The van der Waals surface area contributed by atoms with Crippen molar-refractivity contribution in [1.82, 2.24) is 9.47 Å². The zero-order valence-corrected chi connectivity index (χ0v) is 12.2. The summed E-state index contributed by atoms with van der Waals surface area (Å²) in [4.78, 5) is 24.8. The summed E-state index contributed by atoms with van der Waals surface area (Å²) in [6.07, 6.45) is 2.62. The van der Waals surface area contributed by atoms with Crippen LogP contribution in [-0.2, 0) is 16.1 Å². The van der Waals surface area contributed by atoms with Crippen molar-refractivity contribution in [2.24, 2.45) is 0 Å². The molecule has 0 N–H and O–H groups in total. The van der Waals surface area contributed by atoms with Crippen LogP contribution >= 0.6 is 11.6 Å². The fourth-order valence-electron chi connectivity index (χ4n) is 1.78. The monoisotopic (exact) mass is 286 g/mol. The van der Waals surface area contributed by atoms with E-state index in [1.165, 1.54) is 7.11 Å². The van der Waals surface area contributed by atoms with Crippen LogP contribution in [0.1, 0.15) is 30.3 Å². The van der Waals surface area contributed by atoms with Crippen molar-refractivity contribution in [1.29, 1.82) is 0 Å². The molecule has 0 spiro atoms. The number of amides is 1. The maximum atomic E-state index is 12.2. The molecule has 0 aliphatic heterocycles. The van der Waals surface area contributed by atoms with Crippen LogP contribution in [0.25, 0.3) is 0 Å². The van der Waals surface area contributed by atoms with Gasteiger partial charge in [-0.05, 0) is 19.4 Å². The van der Waals surface area contributed by atoms with Gasteiger partial charge in [0.25, 0.3) is 5.91 Å². The predicted molar refractivity (Wildman–Crippen MR) is 73.3 cm³/mol. The molecule has 19 heavy (non-hydrogen) atoms. The second-order valence-corrected chi connectivity index (χ2v) is 4.67. The first-order valence-corrected chi connectivity index (χ1v) is 6.55. The number of hydrogen-bond acceptors (Lipinski definition) is 3. The lowest BCUT2D eigenvalue weighted by atomic mass is 10.3. The number of methoxy groups -OCH3 is 1. The van der Waals surface area contributed by atoms with Gasteiger partial charge in [-0.3, -0.25) is 9.59 Å². The summed E-state index contributed by atoms with van der Waals surface area (Å²) < 4.78 is 6.36. The largest absolute Gasteiger partial charge is 0.469 e. The van der Waals surface area contributed by atoms with Gasteiger partial charge in [0.15, 0.2) is 0 Å². The van der Waals surface area contributed by atoms with E-state index in [1.807, 2.05) is 11.5 Å². The average molecular weight is 287 g/mol. The van der Waals surface area contributed by atoms with E-state index >= 15 is 0 Å². The molecule has 0 saturated heterocycles. The van der Waals surface area contributed by atoms with Crippen molar-refractivity contribution >= 4 is 23.5 Å². The van der Waals surface area contributed by atoms with Crippen LogP contribution in [0.3, 0.4) is 0 Å². The van der Waals surface area contributed by atoms with Gasteiger partial charge in [0, 0.05) is 32.8 Å². The molecule has 0 saturated carbocycles. The molecule has 0 aromatic carbocycles. The highest BCUT2D eigenvalue weighted by Gasteiger charge is 2.16. The number of ether oxygens (including phenoxy) is 1. The third kappa shape index (κ3) is 4.28. The van der Waals surface area contributed by atoms with E-state index in [1.54, 1.807) is 24.2 Å². The fourth-order valence-corrected chi connectivity index (χ4v) is 2.00. The zero-order valence-electron chi connectivity index (χ0n) is 11.5. The number of carbonyl (C=O) groups is 2. The minimum absolute atomic E-state index is 0.0985. The van der Waals surface area contributed by atoms with Crippen LogP contribution in [-0.4, -0.2) is 42.0 Å². The van der Waals surface area contributed by atoms with Crippen molar-refractivity contribution in [3.8, 4) is 0 Å². The quantitative estimate of drug-likeness (QED) is 0.753. The predicted octanol–water partition coefficient (Wildman–Crippen LogP) is 2.19. The molecular weight excluding hydrogens is 268 g/mol. The van der Waals surface area contributed by atoms with E-state index < -0.39 is 0 Å². The SMILES string of the molecule is CCn1cc(Cl)cc1C(=O)N(C)CCCC(=O)OC. The molecule has 0 aliphatic carbocycles. The van der Waals surface area contributed by atoms with Crippen LogP contribution in [0.4, 0.5) is 0 Å². The van der Waals surface area contributed by atoms with Crippen molar-refractivity contribution < 1.29 is 14.3 Å². The van der Waals surface area contributed by atoms with E-state index in [2.05, 4.69) is 4.74 Å². The molecule has 1 rings (SSSR count). The first-order valence-electron chi connectivity index (χ1n) is 6.17. The van der Waals surface area contributed by atoms with Gasteiger partial charge in [0.1, 0.15) is 5.69 Å². The Morgan fingerprint density at radius 1 is 1.47 bits per heavy atom. The highest BCUT2D eigenvalue weighted by atomic mass is 35.5. The van der Waals surface area contributed by atoms with Gasteiger partial charge < -0.3 is 14.2 Å². The highest BCUT2D eigenvalue weighted by molar-refractivity contribution is 6.31. The van der Waals surface area contributed by atoms with Crippen molar-refractivity contribution in [2.45, 2.75) is 26.3 Å². The van der Waals surface area contributed by atoms with E-state index in [4.69, 9.17) is 11.6 Å². The fraction of sp³-hybridized carbons (Fsp3) is 0.538. The summed E-state index contributed by atoms with van der Waals surface area (Å²) in [7, 11) is 3.06. The van der Waals surface area contributed by atoms with Crippen LogP contribution < -0.4 is 0 Å². The Bertz CT molecular complexity index is 457. The number of nitrogens with zero attached hydrogens (tertiary/aromatic N) is 2. The average Bonchev–Trinajstić information content (AvgIpc) is 2.78. The molecule has 1 aromatic rings. The number of aromatic nitrogens is 1. The summed E-state index contributed by atoms with van der Waals surface area (Å²) in [6, 6.07) is 1.66. The lowest BCUT2D eigenvalue weighted by molar-refractivity contribution is -0.140. The molecule has 0 atom stereocenters. The Hall–Kier alpha value is -1.49. The molecule has 1 aromatic heterocycles. The Morgan fingerprint density at radius 2 is 2.16 bits per heavy atom. The van der Waals surface area contributed by atoms with Gasteiger partial charge in [-0.2, -0.15) is 0 Å². The Labute approximate surface area is 118 Å². The number of halogens is 1. The topological polar surface area (TPSA) is 51.5 Å². The zero-order chi connectivity index (χ0) is 14.4. The maximum Gasteiger partial charge on any atom is 0.305 e. The number of hydrogen-bond donors (Lipinski definition) is 0.